The Bertz CT molecular complexity index is 908. The summed E-state index contributed by atoms with van der Waals surface area (Å²) in [4.78, 5) is 13.1. The van der Waals surface area contributed by atoms with Crippen molar-refractivity contribution < 1.29 is 9.53 Å². The molecule has 8 heteroatoms. The second kappa shape index (κ2) is 6.40. The minimum atomic E-state index is -0.954. The van der Waals surface area contributed by atoms with Crippen LogP contribution in [-0.2, 0) is 4.79 Å². The quantitative estimate of drug-likeness (QED) is 0.602. The number of fused-ring (bicyclic) bond motifs is 4. The number of hydrogen-bond donors (Lipinski definition) is 3. The molecule has 0 saturated carbocycles. The molecule has 2 aromatic rings. The van der Waals surface area contributed by atoms with Crippen molar-refractivity contribution in [3.8, 4) is 5.75 Å². The van der Waals surface area contributed by atoms with Gasteiger partial charge in [-0.3, -0.25) is 4.79 Å². The van der Waals surface area contributed by atoms with Crippen molar-refractivity contribution in [2.24, 2.45) is 5.92 Å². The molecule has 1 amide bonds. The summed E-state index contributed by atoms with van der Waals surface area (Å²) in [6.45, 7) is 1.84. The van der Waals surface area contributed by atoms with Crippen LogP contribution >= 0.6 is 39.7 Å². The van der Waals surface area contributed by atoms with Crippen molar-refractivity contribution in [2.45, 2.75) is 18.7 Å². The third-order valence-electron chi connectivity index (χ3n) is 4.60. The van der Waals surface area contributed by atoms with E-state index in [1.54, 1.807) is 24.3 Å². The number of thiocarbonyl (C=S) groups is 1. The number of carbonyl (C=O) groups excluding carboxylic acids is 1. The molecule has 134 valence electrons. The summed E-state index contributed by atoms with van der Waals surface area (Å²) in [6.07, 6.45) is 0. The van der Waals surface area contributed by atoms with Crippen LogP contribution < -0.4 is 20.7 Å². The number of hydrogen-bond acceptors (Lipinski definition) is 3. The summed E-state index contributed by atoms with van der Waals surface area (Å²) < 4.78 is 7.07. The van der Waals surface area contributed by atoms with Crippen LogP contribution in [0.2, 0.25) is 5.02 Å². The Hall–Kier alpha value is -1.83. The Morgan fingerprint density at radius 2 is 2.04 bits per heavy atom. The van der Waals surface area contributed by atoms with E-state index in [2.05, 4.69) is 31.9 Å². The van der Waals surface area contributed by atoms with Crippen molar-refractivity contribution >= 4 is 56.5 Å². The largest absolute Gasteiger partial charge is 0.467 e. The first-order chi connectivity index (χ1) is 12.4. The van der Waals surface area contributed by atoms with E-state index >= 15 is 0 Å². The molecule has 0 aliphatic carbocycles. The summed E-state index contributed by atoms with van der Waals surface area (Å²) in [6, 6.07) is 12.4. The number of rotatable bonds is 2. The molecule has 4 rings (SSSR count). The van der Waals surface area contributed by atoms with Crippen LogP contribution in [0.1, 0.15) is 18.5 Å². The van der Waals surface area contributed by atoms with Crippen molar-refractivity contribution in [1.29, 1.82) is 0 Å². The lowest BCUT2D eigenvalue weighted by atomic mass is 9.80. The van der Waals surface area contributed by atoms with Gasteiger partial charge in [0.2, 0.25) is 5.91 Å². The second-order valence-corrected chi connectivity index (χ2v) is 8.20. The normalized spacial score (nSPS) is 26.0. The summed E-state index contributed by atoms with van der Waals surface area (Å²) >= 11 is 14.7. The zero-order valence-electron chi connectivity index (χ0n) is 13.7. The van der Waals surface area contributed by atoms with Gasteiger partial charge in [-0.25, -0.2) is 0 Å². The number of amides is 1. The number of anilines is 1. The number of ether oxygens (including phenoxy) is 1. The molecule has 5 nitrogen and oxygen atoms in total. The lowest BCUT2D eigenvalue weighted by molar-refractivity contribution is -0.132. The average Bonchev–Trinajstić information content (AvgIpc) is 2.56. The van der Waals surface area contributed by atoms with E-state index in [1.165, 1.54) is 0 Å². The van der Waals surface area contributed by atoms with Crippen LogP contribution in [0.3, 0.4) is 0 Å². The Balaban J connectivity index is 1.71. The third kappa shape index (κ3) is 3.04. The maximum Gasteiger partial charge on any atom is 0.236 e. The van der Waals surface area contributed by atoms with E-state index in [0.717, 1.165) is 15.8 Å². The van der Waals surface area contributed by atoms with E-state index < -0.39 is 11.6 Å². The standard InChI is InChI=1S/C18H15BrClN3O2S/c1-18-14(16(24)21-11-5-3-10(20)4-6-11)15(22-17(26)23-18)12-8-9(19)2-7-13(12)25-18/h2-8,14-15H,1H3,(H,21,24)(H2,22,23,26)/t14-,15+,18+/m0/s1. The van der Waals surface area contributed by atoms with Crippen LogP contribution in [0.15, 0.2) is 46.9 Å². The van der Waals surface area contributed by atoms with Crippen molar-refractivity contribution in [2.75, 3.05) is 5.32 Å². The lowest BCUT2D eigenvalue weighted by Crippen LogP contribution is -2.70. The van der Waals surface area contributed by atoms with Gasteiger partial charge in [0.05, 0.1) is 6.04 Å². The van der Waals surface area contributed by atoms with Crippen LogP contribution in [0.5, 0.6) is 5.75 Å². The summed E-state index contributed by atoms with van der Waals surface area (Å²) in [5.41, 5.74) is 0.602. The van der Waals surface area contributed by atoms with Crippen LogP contribution in [0.4, 0.5) is 5.69 Å². The summed E-state index contributed by atoms with van der Waals surface area (Å²) in [7, 11) is 0. The van der Waals surface area contributed by atoms with Gasteiger partial charge in [-0.1, -0.05) is 27.5 Å². The van der Waals surface area contributed by atoms with Gasteiger partial charge in [-0.15, -0.1) is 0 Å². The smallest absolute Gasteiger partial charge is 0.236 e. The Morgan fingerprint density at radius 1 is 1.31 bits per heavy atom. The predicted molar refractivity (Wildman–Crippen MR) is 108 cm³/mol. The number of carbonyl (C=O) groups is 1. The Kier molecular flexibility index (Phi) is 4.33. The van der Waals surface area contributed by atoms with E-state index in [-0.39, 0.29) is 11.9 Å². The van der Waals surface area contributed by atoms with Crippen LogP contribution in [0, 0.1) is 5.92 Å². The first-order valence-corrected chi connectivity index (χ1v) is 9.57. The summed E-state index contributed by atoms with van der Waals surface area (Å²) in [5, 5.41) is 10.3. The van der Waals surface area contributed by atoms with Gasteiger partial charge in [-0.2, -0.15) is 0 Å². The minimum Gasteiger partial charge on any atom is -0.467 e. The first-order valence-electron chi connectivity index (χ1n) is 7.99. The SMILES string of the molecule is C[C@@]12NC(=S)N[C@H](c3cc(Br)ccc3O1)[C@H]2C(=O)Nc1ccc(Cl)cc1. The third-order valence-corrected chi connectivity index (χ3v) is 5.56. The highest BCUT2D eigenvalue weighted by Crippen LogP contribution is 2.45. The zero-order valence-corrected chi connectivity index (χ0v) is 16.8. The predicted octanol–water partition coefficient (Wildman–Crippen LogP) is 3.98. The minimum absolute atomic E-state index is 0.173. The molecule has 0 unspecified atom stereocenters. The first kappa shape index (κ1) is 17.6. The van der Waals surface area contributed by atoms with Gasteiger partial charge < -0.3 is 20.7 Å². The van der Waals surface area contributed by atoms with E-state index in [9.17, 15) is 4.79 Å². The van der Waals surface area contributed by atoms with Gasteiger partial charge in [0, 0.05) is 20.7 Å². The Labute approximate surface area is 169 Å². The summed E-state index contributed by atoms with van der Waals surface area (Å²) in [5.74, 6) is 0.0124. The fourth-order valence-corrected chi connectivity index (χ4v) is 4.30. The molecule has 0 radical (unpaired) electrons. The highest BCUT2D eigenvalue weighted by molar-refractivity contribution is 9.10. The van der Waals surface area contributed by atoms with Gasteiger partial charge in [0.25, 0.3) is 0 Å². The molecule has 2 bridgehead atoms. The molecule has 0 spiro atoms. The maximum absolute atomic E-state index is 13.1. The van der Waals surface area contributed by atoms with E-state index in [4.69, 9.17) is 28.6 Å². The molecule has 3 N–H and O–H groups in total. The molecule has 2 heterocycles. The fraction of sp³-hybridized carbons (Fsp3) is 0.222. The van der Waals surface area contributed by atoms with Crippen molar-refractivity contribution in [3.05, 3.63) is 57.5 Å². The Morgan fingerprint density at radius 3 is 2.77 bits per heavy atom. The van der Waals surface area contributed by atoms with Gasteiger partial charge in [0.1, 0.15) is 11.7 Å². The van der Waals surface area contributed by atoms with Gasteiger partial charge in [-0.05, 0) is 61.6 Å². The van der Waals surface area contributed by atoms with Crippen molar-refractivity contribution in [3.63, 3.8) is 0 Å². The molecule has 2 aromatic carbocycles. The number of benzene rings is 2. The molecule has 1 saturated heterocycles. The molecular formula is C18H15BrClN3O2S. The zero-order chi connectivity index (χ0) is 18.5. The molecule has 26 heavy (non-hydrogen) atoms. The van der Waals surface area contributed by atoms with E-state index in [0.29, 0.717) is 15.8 Å². The van der Waals surface area contributed by atoms with E-state index in [1.807, 2.05) is 25.1 Å². The fourth-order valence-electron chi connectivity index (χ4n) is 3.47. The highest BCUT2D eigenvalue weighted by atomic mass is 79.9. The molecule has 3 atom stereocenters. The van der Waals surface area contributed by atoms with Crippen LogP contribution in [-0.4, -0.2) is 16.7 Å². The van der Waals surface area contributed by atoms with Crippen LogP contribution in [0.25, 0.3) is 0 Å². The molecule has 2 aliphatic heterocycles. The molecule has 2 aliphatic rings. The monoisotopic (exact) mass is 451 g/mol. The van der Waals surface area contributed by atoms with Gasteiger partial charge in [0.15, 0.2) is 10.8 Å². The highest BCUT2D eigenvalue weighted by Gasteiger charge is 2.54. The second-order valence-electron chi connectivity index (χ2n) is 6.44. The van der Waals surface area contributed by atoms with Gasteiger partial charge >= 0.3 is 0 Å². The average molecular weight is 453 g/mol. The topological polar surface area (TPSA) is 62.4 Å². The molecule has 1 fully saturated rings. The lowest BCUT2D eigenvalue weighted by Gasteiger charge is -2.50. The molecule has 0 aromatic heterocycles. The maximum atomic E-state index is 13.1. The van der Waals surface area contributed by atoms with Crippen molar-refractivity contribution in [1.82, 2.24) is 10.6 Å². The number of nitrogens with one attached hydrogen (secondary N) is 3. The molecular weight excluding hydrogens is 438 g/mol. The number of halogens is 2.